The second-order valence-electron chi connectivity index (χ2n) is 6.47. The van der Waals surface area contributed by atoms with Crippen molar-refractivity contribution in [2.24, 2.45) is 0 Å². The number of hydrogen-bond acceptors (Lipinski definition) is 3. The summed E-state index contributed by atoms with van der Waals surface area (Å²) in [5.41, 5.74) is 6.24. The molecular weight excluding hydrogens is 338 g/mol. The van der Waals surface area contributed by atoms with E-state index in [1.165, 1.54) is 22.3 Å². The van der Waals surface area contributed by atoms with E-state index in [0.29, 0.717) is 5.69 Å². The monoisotopic (exact) mass is 356 g/mol. The molecule has 3 aromatic carbocycles. The molecule has 133 valence electrons. The molecule has 1 radical (unpaired) electrons. The normalized spacial score (nSPS) is 12.1. The number of rotatable bonds is 5. The van der Waals surface area contributed by atoms with Crippen LogP contribution in [0.5, 0.6) is 0 Å². The molecule has 0 spiro atoms. The molecule has 1 amide bonds. The van der Waals surface area contributed by atoms with Crippen LogP contribution in [0.1, 0.15) is 22.6 Å². The standard InChI is InChI=1S/C23H18NO3/c25-14-13-16-9-11-17(12-10-16)24-23(26)27-15-22-20-7-3-1-5-18(20)19-6-2-4-8-21(19)22/h1-12,22H,13,15H2,(H,24,26). The van der Waals surface area contributed by atoms with E-state index in [0.717, 1.165) is 5.56 Å². The topological polar surface area (TPSA) is 55.4 Å². The second-order valence-corrected chi connectivity index (χ2v) is 6.47. The Kier molecular flexibility index (Phi) is 4.71. The van der Waals surface area contributed by atoms with Gasteiger partial charge in [-0.2, -0.15) is 0 Å². The smallest absolute Gasteiger partial charge is 0.411 e. The zero-order valence-electron chi connectivity index (χ0n) is 14.6. The highest BCUT2D eigenvalue weighted by molar-refractivity contribution is 5.85. The molecule has 3 aromatic rings. The quantitative estimate of drug-likeness (QED) is 0.721. The van der Waals surface area contributed by atoms with Crippen molar-refractivity contribution in [3.63, 3.8) is 0 Å². The molecule has 0 saturated carbocycles. The molecule has 0 aromatic heterocycles. The fraction of sp³-hybridized carbons (Fsp3) is 0.130. The van der Waals surface area contributed by atoms with Crippen molar-refractivity contribution < 1.29 is 14.3 Å². The lowest BCUT2D eigenvalue weighted by Crippen LogP contribution is -2.17. The molecule has 1 aliphatic carbocycles. The van der Waals surface area contributed by atoms with Crippen molar-refractivity contribution in [1.82, 2.24) is 0 Å². The molecule has 0 aliphatic heterocycles. The van der Waals surface area contributed by atoms with Crippen molar-refractivity contribution in [2.75, 3.05) is 11.9 Å². The first kappa shape index (κ1) is 17.0. The van der Waals surface area contributed by atoms with Gasteiger partial charge in [0.05, 0.1) is 0 Å². The summed E-state index contributed by atoms with van der Waals surface area (Å²) in [6, 6.07) is 23.5. The Morgan fingerprint density at radius 1 is 0.889 bits per heavy atom. The summed E-state index contributed by atoms with van der Waals surface area (Å²) in [6.45, 7) is 0.276. The SMILES string of the molecule is O=[C]Cc1ccc(NC(=O)OCC2c3ccccc3-c3ccccc32)cc1. The molecule has 0 atom stereocenters. The van der Waals surface area contributed by atoms with Crippen molar-refractivity contribution >= 4 is 18.1 Å². The first-order valence-electron chi connectivity index (χ1n) is 8.82. The van der Waals surface area contributed by atoms with Crippen LogP contribution >= 0.6 is 0 Å². The van der Waals surface area contributed by atoms with E-state index in [-0.39, 0.29) is 18.9 Å². The summed E-state index contributed by atoms with van der Waals surface area (Å²) >= 11 is 0. The minimum atomic E-state index is -0.494. The molecule has 0 saturated heterocycles. The number of nitrogens with one attached hydrogen (secondary N) is 1. The van der Waals surface area contributed by atoms with Gasteiger partial charge < -0.3 is 4.74 Å². The Balaban J connectivity index is 1.44. The summed E-state index contributed by atoms with van der Waals surface area (Å²) in [5, 5.41) is 2.72. The molecule has 4 rings (SSSR count). The van der Waals surface area contributed by atoms with Gasteiger partial charge in [0.2, 0.25) is 6.29 Å². The van der Waals surface area contributed by atoms with Gasteiger partial charge in [-0.15, -0.1) is 0 Å². The van der Waals surface area contributed by atoms with E-state index in [9.17, 15) is 9.59 Å². The number of hydrogen-bond donors (Lipinski definition) is 1. The number of carbonyl (C=O) groups excluding carboxylic acids is 2. The predicted octanol–water partition coefficient (Wildman–Crippen LogP) is 4.70. The molecule has 0 unspecified atom stereocenters. The van der Waals surface area contributed by atoms with Crippen molar-refractivity contribution in [2.45, 2.75) is 12.3 Å². The summed E-state index contributed by atoms with van der Waals surface area (Å²) in [4.78, 5) is 22.6. The van der Waals surface area contributed by atoms with Gasteiger partial charge in [0.1, 0.15) is 6.61 Å². The molecule has 0 bridgehead atoms. The third kappa shape index (κ3) is 3.47. The van der Waals surface area contributed by atoms with E-state index in [4.69, 9.17) is 4.74 Å². The van der Waals surface area contributed by atoms with Gasteiger partial charge in [-0.25, -0.2) is 4.79 Å². The highest BCUT2D eigenvalue weighted by Gasteiger charge is 2.28. The van der Waals surface area contributed by atoms with E-state index in [1.807, 2.05) is 30.6 Å². The average molecular weight is 356 g/mol. The van der Waals surface area contributed by atoms with Crippen molar-refractivity contribution in [1.29, 1.82) is 0 Å². The molecule has 0 fully saturated rings. The summed E-state index contributed by atoms with van der Waals surface area (Å²) in [7, 11) is 0. The van der Waals surface area contributed by atoms with Crippen LogP contribution in [0.15, 0.2) is 72.8 Å². The van der Waals surface area contributed by atoms with Gasteiger partial charge >= 0.3 is 6.09 Å². The Bertz CT molecular complexity index is 933. The van der Waals surface area contributed by atoms with Gasteiger partial charge in [0, 0.05) is 18.0 Å². The molecule has 0 heterocycles. The van der Waals surface area contributed by atoms with Crippen LogP contribution in [0.2, 0.25) is 0 Å². The largest absolute Gasteiger partial charge is 0.448 e. The minimum Gasteiger partial charge on any atom is -0.448 e. The highest BCUT2D eigenvalue weighted by Crippen LogP contribution is 2.44. The van der Waals surface area contributed by atoms with E-state index in [2.05, 4.69) is 29.6 Å². The Hall–Kier alpha value is -3.40. The Morgan fingerprint density at radius 3 is 2.07 bits per heavy atom. The second kappa shape index (κ2) is 7.46. The van der Waals surface area contributed by atoms with Crippen molar-refractivity contribution in [3.05, 3.63) is 89.5 Å². The van der Waals surface area contributed by atoms with Gasteiger partial charge in [0.15, 0.2) is 0 Å². The zero-order valence-corrected chi connectivity index (χ0v) is 14.6. The van der Waals surface area contributed by atoms with Gasteiger partial charge in [-0.1, -0.05) is 60.7 Å². The maximum Gasteiger partial charge on any atom is 0.411 e. The zero-order chi connectivity index (χ0) is 18.6. The molecular formula is C23H18NO3. The van der Waals surface area contributed by atoms with Crippen LogP contribution in [0, 0.1) is 0 Å². The highest BCUT2D eigenvalue weighted by atomic mass is 16.5. The van der Waals surface area contributed by atoms with Gasteiger partial charge in [-0.05, 0) is 39.9 Å². The number of fused-ring (bicyclic) bond motifs is 3. The van der Waals surface area contributed by atoms with Gasteiger partial charge in [0.25, 0.3) is 0 Å². The minimum absolute atomic E-state index is 0.0358. The molecule has 1 N–H and O–H groups in total. The summed E-state index contributed by atoms with van der Waals surface area (Å²) < 4.78 is 5.51. The first-order chi connectivity index (χ1) is 13.3. The Labute approximate surface area is 157 Å². The lowest BCUT2D eigenvalue weighted by Gasteiger charge is -2.14. The Morgan fingerprint density at radius 2 is 1.48 bits per heavy atom. The molecule has 4 heteroatoms. The van der Waals surface area contributed by atoms with E-state index >= 15 is 0 Å². The van der Waals surface area contributed by atoms with Crippen LogP contribution in [-0.2, 0) is 16.0 Å². The van der Waals surface area contributed by atoms with Crippen LogP contribution in [0.3, 0.4) is 0 Å². The van der Waals surface area contributed by atoms with E-state index in [1.54, 1.807) is 24.3 Å². The predicted molar refractivity (Wildman–Crippen MR) is 105 cm³/mol. The maximum atomic E-state index is 12.2. The molecule has 4 nitrogen and oxygen atoms in total. The van der Waals surface area contributed by atoms with Crippen molar-refractivity contribution in [3.8, 4) is 11.1 Å². The van der Waals surface area contributed by atoms with E-state index < -0.39 is 6.09 Å². The maximum absolute atomic E-state index is 12.2. The lowest BCUT2D eigenvalue weighted by molar-refractivity contribution is 0.158. The van der Waals surface area contributed by atoms with Crippen LogP contribution in [0.4, 0.5) is 10.5 Å². The fourth-order valence-corrected chi connectivity index (χ4v) is 3.54. The number of anilines is 1. The lowest BCUT2D eigenvalue weighted by atomic mass is 9.98. The fourth-order valence-electron chi connectivity index (χ4n) is 3.54. The first-order valence-corrected chi connectivity index (χ1v) is 8.82. The van der Waals surface area contributed by atoms with Gasteiger partial charge in [-0.3, -0.25) is 10.1 Å². The average Bonchev–Trinajstić information content (AvgIpc) is 3.02. The third-order valence-electron chi connectivity index (χ3n) is 4.82. The summed E-state index contributed by atoms with van der Waals surface area (Å²) in [5.74, 6) is 0.0358. The number of ether oxygens (including phenoxy) is 1. The number of benzene rings is 3. The summed E-state index contributed by atoms with van der Waals surface area (Å²) in [6.07, 6.45) is 1.60. The molecule has 1 aliphatic rings. The van der Waals surface area contributed by atoms with Crippen LogP contribution in [-0.4, -0.2) is 19.0 Å². The third-order valence-corrected chi connectivity index (χ3v) is 4.82. The number of carbonyl (C=O) groups is 1. The van der Waals surface area contributed by atoms with Crippen LogP contribution in [0.25, 0.3) is 11.1 Å². The van der Waals surface area contributed by atoms with Crippen LogP contribution < -0.4 is 5.32 Å². The molecule has 27 heavy (non-hydrogen) atoms. The number of amides is 1.